The first-order chi connectivity index (χ1) is 6.56. The topological polar surface area (TPSA) is 52.6 Å². The van der Waals surface area contributed by atoms with Crippen molar-refractivity contribution in [2.75, 3.05) is 6.61 Å². The number of ether oxygens (including phenoxy) is 2. The van der Waals surface area contributed by atoms with E-state index in [0.717, 1.165) is 6.08 Å². The van der Waals surface area contributed by atoms with E-state index in [0.29, 0.717) is 13.0 Å². The maximum Gasteiger partial charge on any atom is 0.351 e. The van der Waals surface area contributed by atoms with Crippen LogP contribution in [0.2, 0.25) is 0 Å². The molecule has 1 heterocycles. The molecule has 4 heteroatoms. The maximum absolute atomic E-state index is 11.5. The van der Waals surface area contributed by atoms with Gasteiger partial charge >= 0.3 is 11.9 Å². The molecule has 1 rings (SSSR count). The zero-order valence-electron chi connectivity index (χ0n) is 8.41. The van der Waals surface area contributed by atoms with Crippen molar-refractivity contribution < 1.29 is 19.1 Å². The summed E-state index contributed by atoms with van der Waals surface area (Å²) < 4.78 is 9.96. The highest BCUT2D eigenvalue weighted by Gasteiger charge is 2.52. The molecular formula is C10H14O4. The standard InChI is InChI=1S/C10H14O4/c1-4-8(11)14-10(5-2)7(3)6-13-9(10)12/h4,7H,1,5-6H2,2-3H3. The second-order valence-electron chi connectivity index (χ2n) is 3.37. The van der Waals surface area contributed by atoms with Gasteiger partial charge in [-0.2, -0.15) is 0 Å². The quantitative estimate of drug-likeness (QED) is 0.502. The van der Waals surface area contributed by atoms with Crippen molar-refractivity contribution >= 4 is 11.9 Å². The predicted molar refractivity (Wildman–Crippen MR) is 49.4 cm³/mol. The van der Waals surface area contributed by atoms with Crippen LogP contribution in [0.3, 0.4) is 0 Å². The van der Waals surface area contributed by atoms with E-state index in [-0.39, 0.29) is 5.92 Å². The van der Waals surface area contributed by atoms with Gasteiger partial charge in [0.2, 0.25) is 5.60 Å². The summed E-state index contributed by atoms with van der Waals surface area (Å²) in [4.78, 5) is 22.5. The molecule has 0 radical (unpaired) electrons. The lowest BCUT2D eigenvalue weighted by molar-refractivity contribution is -0.172. The fourth-order valence-electron chi connectivity index (χ4n) is 1.59. The van der Waals surface area contributed by atoms with Gasteiger partial charge in [-0.15, -0.1) is 0 Å². The molecule has 0 aliphatic carbocycles. The third kappa shape index (κ3) is 1.52. The highest BCUT2D eigenvalue weighted by molar-refractivity contribution is 5.88. The van der Waals surface area contributed by atoms with Gasteiger partial charge in [0, 0.05) is 12.0 Å². The van der Waals surface area contributed by atoms with Crippen molar-refractivity contribution in [1.82, 2.24) is 0 Å². The van der Waals surface area contributed by atoms with Crippen LogP contribution in [-0.2, 0) is 19.1 Å². The maximum atomic E-state index is 11.5. The number of hydrogen-bond donors (Lipinski definition) is 0. The summed E-state index contributed by atoms with van der Waals surface area (Å²) in [5.74, 6) is -1.15. The number of hydrogen-bond acceptors (Lipinski definition) is 4. The molecule has 14 heavy (non-hydrogen) atoms. The van der Waals surface area contributed by atoms with E-state index in [1.54, 1.807) is 6.92 Å². The highest BCUT2D eigenvalue weighted by atomic mass is 16.6. The summed E-state index contributed by atoms with van der Waals surface area (Å²) in [5, 5.41) is 0. The summed E-state index contributed by atoms with van der Waals surface area (Å²) in [6, 6.07) is 0. The van der Waals surface area contributed by atoms with Crippen molar-refractivity contribution in [2.24, 2.45) is 5.92 Å². The molecule has 1 fully saturated rings. The van der Waals surface area contributed by atoms with Crippen LogP contribution in [0.1, 0.15) is 20.3 Å². The molecule has 4 nitrogen and oxygen atoms in total. The van der Waals surface area contributed by atoms with Crippen LogP contribution in [-0.4, -0.2) is 24.1 Å². The number of rotatable bonds is 3. The van der Waals surface area contributed by atoms with E-state index in [2.05, 4.69) is 6.58 Å². The molecule has 0 aromatic heterocycles. The molecule has 78 valence electrons. The Morgan fingerprint density at radius 1 is 1.86 bits per heavy atom. The van der Waals surface area contributed by atoms with Crippen molar-refractivity contribution in [3.8, 4) is 0 Å². The van der Waals surface area contributed by atoms with Gasteiger partial charge in [0.25, 0.3) is 0 Å². The van der Waals surface area contributed by atoms with Gasteiger partial charge in [-0.1, -0.05) is 20.4 Å². The summed E-state index contributed by atoms with van der Waals surface area (Å²) in [6.07, 6.45) is 1.47. The van der Waals surface area contributed by atoms with Crippen LogP contribution in [0.15, 0.2) is 12.7 Å². The van der Waals surface area contributed by atoms with E-state index in [4.69, 9.17) is 9.47 Å². The second kappa shape index (κ2) is 3.82. The van der Waals surface area contributed by atoms with Crippen LogP contribution in [0.5, 0.6) is 0 Å². The van der Waals surface area contributed by atoms with E-state index < -0.39 is 17.5 Å². The molecule has 0 amide bonds. The number of esters is 2. The molecular weight excluding hydrogens is 184 g/mol. The van der Waals surface area contributed by atoms with Crippen LogP contribution in [0.4, 0.5) is 0 Å². The first-order valence-electron chi connectivity index (χ1n) is 4.59. The molecule has 0 bridgehead atoms. The average molecular weight is 198 g/mol. The minimum atomic E-state index is -1.11. The fraction of sp³-hybridized carbons (Fsp3) is 0.600. The predicted octanol–water partition coefficient (Wildman–Crippen LogP) is 1.06. The van der Waals surface area contributed by atoms with E-state index in [1.165, 1.54) is 0 Å². The zero-order chi connectivity index (χ0) is 10.8. The highest BCUT2D eigenvalue weighted by Crippen LogP contribution is 2.33. The Morgan fingerprint density at radius 2 is 2.50 bits per heavy atom. The van der Waals surface area contributed by atoms with Crippen molar-refractivity contribution in [2.45, 2.75) is 25.9 Å². The Morgan fingerprint density at radius 3 is 2.86 bits per heavy atom. The van der Waals surface area contributed by atoms with Gasteiger partial charge in [-0.05, 0) is 6.42 Å². The monoisotopic (exact) mass is 198 g/mol. The van der Waals surface area contributed by atoms with Crippen LogP contribution in [0.25, 0.3) is 0 Å². The molecule has 0 spiro atoms. The molecule has 2 unspecified atom stereocenters. The Labute approximate surface area is 82.9 Å². The molecule has 0 aromatic carbocycles. The summed E-state index contributed by atoms with van der Waals surface area (Å²) in [6.45, 7) is 7.21. The van der Waals surface area contributed by atoms with E-state index in [1.807, 2.05) is 6.92 Å². The lowest BCUT2D eigenvalue weighted by Crippen LogP contribution is -2.43. The number of cyclic esters (lactones) is 1. The van der Waals surface area contributed by atoms with Gasteiger partial charge in [-0.25, -0.2) is 9.59 Å². The van der Waals surface area contributed by atoms with Gasteiger partial charge in [0.1, 0.15) is 0 Å². The van der Waals surface area contributed by atoms with Crippen LogP contribution >= 0.6 is 0 Å². The lowest BCUT2D eigenvalue weighted by Gasteiger charge is -2.26. The van der Waals surface area contributed by atoms with Gasteiger partial charge in [0.15, 0.2) is 0 Å². The Hall–Kier alpha value is -1.32. The van der Waals surface area contributed by atoms with Crippen molar-refractivity contribution in [3.05, 3.63) is 12.7 Å². The molecule has 0 N–H and O–H groups in total. The third-order valence-electron chi connectivity index (χ3n) is 2.58. The Bertz CT molecular complexity index is 271. The smallest absolute Gasteiger partial charge is 0.351 e. The molecule has 1 aliphatic heterocycles. The Balaban J connectivity index is 2.89. The summed E-state index contributed by atoms with van der Waals surface area (Å²) >= 11 is 0. The third-order valence-corrected chi connectivity index (χ3v) is 2.58. The number of carbonyl (C=O) groups is 2. The molecule has 1 aliphatic rings. The molecule has 0 saturated carbocycles. The first-order valence-corrected chi connectivity index (χ1v) is 4.59. The van der Waals surface area contributed by atoms with Gasteiger partial charge < -0.3 is 9.47 Å². The SMILES string of the molecule is C=CC(=O)OC1(CC)C(=O)OCC1C. The zero-order valence-corrected chi connectivity index (χ0v) is 8.41. The first kappa shape index (κ1) is 10.8. The van der Waals surface area contributed by atoms with E-state index >= 15 is 0 Å². The van der Waals surface area contributed by atoms with Crippen molar-refractivity contribution in [3.63, 3.8) is 0 Å². The second-order valence-corrected chi connectivity index (χ2v) is 3.37. The Kier molecular flexibility index (Phi) is 2.93. The minimum Gasteiger partial charge on any atom is -0.462 e. The normalized spacial score (nSPS) is 31.0. The lowest BCUT2D eigenvalue weighted by atomic mass is 9.89. The summed E-state index contributed by atoms with van der Waals surface area (Å²) in [7, 11) is 0. The number of carbonyl (C=O) groups excluding carboxylic acids is 2. The van der Waals surface area contributed by atoms with E-state index in [9.17, 15) is 9.59 Å². The van der Waals surface area contributed by atoms with Gasteiger partial charge in [0.05, 0.1) is 6.61 Å². The fourth-order valence-corrected chi connectivity index (χ4v) is 1.59. The largest absolute Gasteiger partial charge is 0.462 e. The van der Waals surface area contributed by atoms with Gasteiger partial charge in [-0.3, -0.25) is 0 Å². The summed E-state index contributed by atoms with van der Waals surface area (Å²) in [5.41, 5.74) is -1.11. The van der Waals surface area contributed by atoms with Crippen molar-refractivity contribution in [1.29, 1.82) is 0 Å². The molecule has 2 atom stereocenters. The molecule has 0 aromatic rings. The minimum absolute atomic E-state index is 0.108. The van der Waals surface area contributed by atoms with Crippen LogP contribution < -0.4 is 0 Å². The average Bonchev–Trinajstić information content (AvgIpc) is 2.46. The van der Waals surface area contributed by atoms with Crippen LogP contribution in [0, 0.1) is 5.92 Å². The molecule has 1 saturated heterocycles.